The highest BCUT2D eigenvalue weighted by atomic mass is 35.5. The third-order valence-electron chi connectivity index (χ3n) is 9.90. The summed E-state index contributed by atoms with van der Waals surface area (Å²) in [4.78, 5) is 38.0. The van der Waals surface area contributed by atoms with Crippen molar-refractivity contribution in [3.63, 3.8) is 0 Å². The van der Waals surface area contributed by atoms with Crippen LogP contribution in [0.4, 0.5) is 16.2 Å². The molecule has 2 heterocycles. The Morgan fingerprint density at radius 2 is 1.21 bits per heavy atom. The van der Waals surface area contributed by atoms with Gasteiger partial charge < -0.3 is 26.4 Å². The number of anilines is 2. The SMILES string of the molecule is CC(C)(C)OC(=O)N[C@]12C[C@H]1/C=C\CCCCCNc1ccccc1S(=O)(=O)NC2=O.Cl.N[C@]12C[C@H]1/C=C\CCCCCNc1ccccc1S(=O)(=O)NC2=O. The number of alkyl carbamates (subject to hydrolysis) is 1. The van der Waals surface area contributed by atoms with Crippen molar-refractivity contribution in [2.24, 2.45) is 17.6 Å². The van der Waals surface area contributed by atoms with Crippen LogP contribution in [0.25, 0.3) is 0 Å². The molecule has 2 aromatic rings. The van der Waals surface area contributed by atoms with Crippen LogP contribution >= 0.6 is 12.4 Å². The van der Waals surface area contributed by atoms with E-state index in [1.165, 1.54) is 12.1 Å². The standard InChI is InChI=1S/C22H31N3O5S.C17H23N3O3S.ClH/c1-21(2,3)30-20(27)24-22-15-16(22)11-7-5-4-6-10-14-23-17-12-8-9-13-18(17)31(28,29)25-19(22)26;18-17-12-13(17)8-4-2-1-3-7-11-19-14-9-5-6-10-15(14)24(22,23)20-16(17)21;/h7-9,11-13,16,23H,4-6,10,14-15H2,1-3H3,(H,24,27)(H,25,26);4-6,8-10,13,19H,1-3,7,11-12,18H2,(H,20,21);1H/b11-7-;8-4-;/t16-,22-;13-,17-;/m11./s1. The third-order valence-corrected chi connectivity index (χ3v) is 12.7. The molecule has 2 aromatic carbocycles. The monoisotopic (exact) mass is 834 g/mol. The summed E-state index contributed by atoms with van der Waals surface area (Å²) < 4.78 is 60.9. The molecule has 0 radical (unpaired) electrons. The number of rotatable bonds is 1. The fourth-order valence-electron chi connectivity index (χ4n) is 6.60. The number of carbonyl (C=O) groups excluding carboxylic acids is 3. The van der Waals surface area contributed by atoms with Gasteiger partial charge in [-0.05, 0) is 96.4 Å². The van der Waals surface area contributed by atoms with Gasteiger partial charge in [-0.2, -0.15) is 0 Å². The van der Waals surface area contributed by atoms with Gasteiger partial charge in [0, 0.05) is 24.9 Å². The Kier molecular flexibility index (Phi) is 14.7. The minimum Gasteiger partial charge on any atom is -0.444 e. The summed E-state index contributed by atoms with van der Waals surface area (Å²) in [7, 11) is -8.10. The van der Waals surface area contributed by atoms with E-state index in [0.717, 1.165) is 51.4 Å². The highest BCUT2D eigenvalue weighted by Crippen LogP contribution is 2.46. The van der Waals surface area contributed by atoms with Gasteiger partial charge in [-0.1, -0.05) is 61.4 Å². The maximum Gasteiger partial charge on any atom is 0.408 e. The summed E-state index contributed by atoms with van der Waals surface area (Å²) in [5, 5.41) is 8.93. The highest BCUT2D eigenvalue weighted by Gasteiger charge is 2.61. The molecule has 2 aliphatic carbocycles. The van der Waals surface area contributed by atoms with Crippen molar-refractivity contribution in [1.29, 1.82) is 0 Å². The van der Waals surface area contributed by atoms with Gasteiger partial charge in [0.15, 0.2) is 0 Å². The van der Waals surface area contributed by atoms with Gasteiger partial charge >= 0.3 is 6.09 Å². The van der Waals surface area contributed by atoms with E-state index in [-0.39, 0.29) is 34.0 Å². The molecule has 17 heteroatoms. The molecule has 0 saturated heterocycles. The lowest BCUT2D eigenvalue weighted by atomic mass is 10.1. The summed E-state index contributed by atoms with van der Waals surface area (Å²) in [5.41, 5.74) is 3.81. The van der Waals surface area contributed by atoms with Crippen molar-refractivity contribution in [1.82, 2.24) is 14.8 Å². The molecule has 308 valence electrons. The number of halogens is 1. The van der Waals surface area contributed by atoms with E-state index in [9.17, 15) is 31.2 Å². The van der Waals surface area contributed by atoms with Crippen molar-refractivity contribution in [3.05, 3.63) is 72.8 Å². The lowest BCUT2D eigenvalue weighted by Gasteiger charge is -2.24. The van der Waals surface area contributed by atoms with Crippen molar-refractivity contribution >= 4 is 61.7 Å². The predicted molar refractivity (Wildman–Crippen MR) is 218 cm³/mol. The summed E-state index contributed by atoms with van der Waals surface area (Å²) in [5.74, 6) is -1.79. The van der Waals surface area contributed by atoms with Crippen molar-refractivity contribution in [2.75, 3.05) is 23.7 Å². The first-order chi connectivity index (χ1) is 26.0. The van der Waals surface area contributed by atoms with Crippen molar-refractivity contribution in [3.8, 4) is 0 Å². The fourth-order valence-corrected chi connectivity index (χ4v) is 9.06. The molecule has 7 N–H and O–H groups in total. The molecule has 0 unspecified atom stereocenters. The first-order valence-electron chi connectivity index (χ1n) is 18.9. The van der Waals surface area contributed by atoms with Crippen molar-refractivity contribution < 1.29 is 36.0 Å². The van der Waals surface area contributed by atoms with Crippen LogP contribution in [0.3, 0.4) is 0 Å². The van der Waals surface area contributed by atoms with Gasteiger partial charge in [0.2, 0.25) is 0 Å². The Balaban J connectivity index is 0.000000252. The first-order valence-corrected chi connectivity index (χ1v) is 21.9. The molecule has 0 aromatic heterocycles. The molecule has 56 heavy (non-hydrogen) atoms. The summed E-state index contributed by atoms with van der Waals surface area (Å²) in [6.07, 6.45) is 15.7. The molecule has 14 nitrogen and oxygen atoms in total. The first kappa shape index (κ1) is 44.6. The molecule has 4 aliphatic rings. The number of fused-ring (bicyclic) bond motifs is 4. The maximum absolute atomic E-state index is 13.1. The molecule has 2 fully saturated rings. The Morgan fingerprint density at radius 3 is 1.73 bits per heavy atom. The van der Waals surface area contributed by atoms with Gasteiger partial charge in [0.1, 0.15) is 26.5 Å². The van der Waals surface area contributed by atoms with Crippen LogP contribution < -0.4 is 31.1 Å². The Labute approximate surface area is 336 Å². The zero-order valence-corrected chi connectivity index (χ0v) is 34.6. The fraction of sp³-hybridized carbons (Fsp3) is 0.513. The van der Waals surface area contributed by atoms with Gasteiger partial charge in [0.25, 0.3) is 31.9 Å². The lowest BCUT2D eigenvalue weighted by molar-refractivity contribution is -0.123. The van der Waals surface area contributed by atoms with Gasteiger partial charge in [-0.25, -0.2) is 31.1 Å². The van der Waals surface area contributed by atoms with Crippen LogP contribution in [0, 0.1) is 11.8 Å². The summed E-state index contributed by atoms with van der Waals surface area (Å²) >= 11 is 0. The number of sulfonamides is 2. The summed E-state index contributed by atoms with van der Waals surface area (Å²) in [6, 6.07) is 13.1. The maximum atomic E-state index is 13.1. The van der Waals surface area contributed by atoms with Crippen molar-refractivity contribution in [2.45, 2.75) is 111 Å². The van der Waals surface area contributed by atoms with Crippen LogP contribution in [0.15, 0.2) is 82.6 Å². The number of hydrogen-bond acceptors (Lipinski definition) is 11. The molecular formula is C39H55ClN6O8S2. The summed E-state index contributed by atoms with van der Waals surface area (Å²) in [6.45, 7) is 6.49. The van der Waals surface area contributed by atoms with Gasteiger partial charge in [-0.15, -0.1) is 12.4 Å². The van der Waals surface area contributed by atoms with E-state index in [2.05, 4.69) is 25.4 Å². The number of ether oxygens (including phenoxy) is 1. The van der Waals surface area contributed by atoms with Crippen LogP contribution in [-0.2, 0) is 34.4 Å². The van der Waals surface area contributed by atoms with E-state index < -0.39 is 54.6 Å². The molecule has 4 atom stereocenters. The number of carbonyl (C=O) groups is 3. The Hall–Kier alpha value is -4.12. The van der Waals surface area contributed by atoms with Gasteiger partial charge in [-0.3, -0.25) is 9.59 Å². The lowest BCUT2D eigenvalue weighted by Crippen LogP contribution is -2.52. The van der Waals surface area contributed by atoms with Gasteiger partial charge in [0.05, 0.1) is 11.4 Å². The minimum absolute atomic E-state index is 0. The smallest absolute Gasteiger partial charge is 0.408 e. The second-order valence-corrected chi connectivity index (χ2v) is 18.8. The largest absolute Gasteiger partial charge is 0.444 e. The second kappa shape index (κ2) is 18.4. The molecule has 2 saturated carbocycles. The zero-order valence-electron chi connectivity index (χ0n) is 32.1. The molecular weight excluding hydrogens is 780 g/mol. The molecule has 3 amide bonds. The Morgan fingerprint density at radius 1 is 0.732 bits per heavy atom. The average molecular weight is 835 g/mol. The van der Waals surface area contributed by atoms with E-state index in [1.807, 2.05) is 24.3 Å². The van der Waals surface area contributed by atoms with E-state index in [1.54, 1.807) is 57.2 Å². The minimum atomic E-state index is -4.14. The number of allylic oxidation sites excluding steroid dienone is 2. The number of nitrogens with two attached hydrogens (primary N) is 1. The topological polar surface area (TPSA) is 215 Å². The normalized spacial score (nSPS) is 28.4. The number of para-hydroxylation sites is 2. The zero-order chi connectivity index (χ0) is 39.9. The predicted octanol–water partition coefficient (Wildman–Crippen LogP) is 5.49. The molecule has 0 spiro atoms. The molecule has 0 bridgehead atoms. The second-order valence-electron chi connectivity index (χ2n) is 15.5. The number of benzene rings is 2. The molecule has 6 rings (SSSR count). The van der Waals surface area contributed by atoms with Crippen LogP contribution in [0.2, 0.25) is 0 Å². The van der Waals surface area contributed by atoms with E-state index in [0.29, 0.717) is 37.3 Å². The third kappa shape index (κ3) is 11.5. The van der Waals surface area contributed by atoms with E-state index >= 15 is 0 Å². The van der Waals surface area contributed by atoms with Crippen LogP contribution in [0.5, 0.6) is 0 Å². The van der Waals surface area contributed by atoms with Crippen LogP contribution in [0.1, 0.15) is 85.0 Å². The number of hydrogen-bond donors (Lipinski definition) is 6. The van der Waals surface area contributed by atoms with E-state index in [4.69, 9.17) is 10.5 Å². The Bertz CT molecular complexity index is 2020. The average Bonchev–Trinajstić information content (AvgIpc) is 4.00. The number of amides is 3. The highest BCUT2D eigenvalue weighted by molar-refractivity contribution is 7.90. The number of nitrogens with one attached hydrogen (secondary N) is 5. The van der Waals surface area contributed by atoms with Crippen LogP contribution in [-0.4, -0.2) is 64.5 Å². The quantitative estimate of drug-likeness (QED) is 0.198. The molecule has 2 aliphatic heterocycles.